The molecule has 1 fully saturated rings. The van der Waals surface area contributed by atoms with Gasteiger partial charge in [-0.2, -0.15) is 0 Å². The molecule has 1 aromatic heterocycles. The van der Waals surface area contributed by atoms with Crippen LogP contribution in [0.3, 0.4) is 0 Å². The van der Waals surface area contributed by atoms with Gasteiger partial charge < -0.3 is 14.8 Å². The van der Waals surface area contributed by atoms with Crippen molar-refractivity contribution in [2.24, 2.45) is 0 Å². The van der Waals surface area contributed by atoms with E-state index in [4.69, 9.17) is 9.47 Å². The van der Waals surface area contributed by atoms with Crippen LogP contribution in [0.2, 0.25) is 0 Å². The highest BCUT2D eigenvalue weighted by molar-refractivity contribution is 5.46. The smallest absolute Gasteiger partial charge is 0.165 e. The van der Waals surface area contributed by atoms with E-state index in [1.807, 2.05) is 24.5 Å². The first kappa shape index (κ1) is 15.8. The number of rotatable bonds is 5. The third kappa shape index (κ3) is 3.46. The molecular formula is C18H23N3O2. The lowest BCUT2D eigenvalue weighted by Crippen LogP contribution is -2.45. The zero-order chi connectivity index (χ0) is 16.1. The molecule has 5 heteroatoms. The Kier molecular flexibility index (Phi) is 5.10. The Morgan fingerprint density at radius 1 is 1.17 bits per heavy atom. The topological polar surface area (TPSA) is 46.6 Å². The van der Waals surface area contributed by atoms with Gasteiger partial charge in [0.25, 0.3) is 0 Å². The SMILES string of the molecule is COc1cccc(CN2CCNCC2c2ccncc2)c1OC. The molecule has 3 rings (SSSR count). The van der Waals surface area contributed by atoms with E-state index in [-0.39, 0.29) is 0 Å². The van der Waals surface area contributed by atoms with Crippen molar-refractivity contribution in [3.05, 3.63) is 53.9 Å². The van der Waals surface area contributed by atoms with E-state index in [1.165, 1.54) is 5.56 Å². The largest absolute Gasteiger partial charge is 0.493 e. The van der Waals surface area contributed by atoms with Crippen molar-refractivity contribution < 1.29 is 9.47 Å². The van der Waals surface area contributed by atoms with E-state index in [9.17, 15) is 0 Å². The minimum Gasteiger partial charge on any atom is -0.493 e. The van der Waals surface area contributed by atoms with Crippen LogP contribution in [-0.4, -0.2) is 43.7 Å². The Hall–Kier alpha value is -2.11. The van der Waals surface area contributed by atoms with E-state index < -0.39 is 0 Å². The van der Waals surface area contributed by atoms with Crippen LogP contribution in [0.25, 0.3) is 0 Å². The van der Waals surface area contributed by atoms with Gasteiger partial charge in [0.1, 0.15) is 0 Å². The Labute approximate surface area is 137 Å². The fourth-order valence-corrected chi connectivity index (χ4v) is 3.15. The number of ether oxygens (including phenoxy) is 2. The van der Waals surface area contributed by atoms with Gasteiger partial charge in [-0.05, 0) is 23.8 Å². The molecule has 0 aliphatic carbocycles. The quantitative estimate of drug-likeness (QED) is 0.917. The maximum atomic E-state index is 5.57. The lowest BCUT2D eigenvalue weighted by Gasteiger charge is -2.36. The van der Waals surface area contributed by atoms with Crippen molar-refractivity contribution in [1.82, 2.24) is 15.2 Å². The highest BCUT2D eigenvalue weighted by Crippen LogP contribution is 2.33. The normalized spacial score (nSPS) is 18.6. The van der Waals surface area contributed by atoms with Gasteiger partial charge in [-0.1, -0.05) is 12.1 Å². The van der Waals surface area contributed by atoms with E-state index in [1.54, 1.807) is 14.2 Å². The Balaban J connectivity index is 1.85. The molecular weight excluding hydrogens is 290 g/mol. The van der Waals surface area contributed by atoms with E-state index in [0.717, 1.165) is 43.2 Å². The molecule has 0 radical (unpaired) electrons. The monoisotopic (exact) mass is 313 g/mol. The number of nitrogens with zero attached hydrogens (tertiary/aromatic N) is 2. The first-order chi connectivity index (χ1) is 11.3. The highest BCUT2D eigenvalue weighted by Gasteiger charge is 2.25. The van der Waals surface area contributed by atoms with Crippen LogP contribution < -0.4 is 14.8 Å². The first-order valence-corrected chi connectivity index (χ1v) is 7.88. The molecule has 0 saturated carbocycles. The predicted molar refractivity (Wildman–Crippen MR) is 89.8 cm³/mol. The molecule has 1 aliphatic heterocycles. The van der Waals surface area contributed by atoms with Crippen LogP contribution in [0, 0.1) is 0 Å². The van der Waals surface area contributed by atoms with Crippen LogP contribution in [-0.2, 0) is 6.54 Å². The summed E-state index contributed by atoms with van der Waals surface area (Å²) in [5.74, 6) is 1.60. The Morgan fingerprint density at radius 2 is 2.00 bits per heavy atom. The number of methoxy groups -OCH3 is 2. The average molecular weight is 313 g/mol. The number of benzene rings is 1. The van der Waals surface area contributed by atoms with Crippen LogP contribution in [0.4, 0.5) is 0 Å². The minimum absolute atomic E-state index is 0.336. The maximum Gasteiger partial charge on any atom is 0.165 e. The molecule has 0 bridgehead atoms. The third-order valence-electron chi connectivity index (χ3n) is 4.30. The van der Waals surface area contributed by atoms with Gasteiger partial charge in [0.15, 0.2) is 11.5 Å². The zero-order valence-electron chi connectivity index (χ0n) is 13.7. The molecule has 5 nitrogen and oxygen atoms in total. The number of pyridine rings is 1. The Morgan fingerprint density at radius 3 is 2.74 bits per heavy atom. The van der Waals surface area contributed by atoms with Crippen molar-refractivity contribution in [2.75, 3.05) is 33.9 Å². The molecule has 2 aromatic rings. The van der Waals surface area contributed by atoms with Crippen LogP contribution in [0.5, 0.6) is 11.5 Å². The minimum atomic E-state index is 0.336. The van der Waals surface area contributed by atoms with Crippen LogP contribution in [0.15, 0.2) is 42.7 Å². The van der Waals surface area contributed by atoms with Gasteiger partial charge in [-0.15, -0.1) is 0 Å². The molecule has 1 atom stereocenters. The molecule has 2 heterocycles. The Bertz CT molecular complexity index is 633. The summed E-state index contributed by atoms with van der Waals surface area (Å²) in [4.78, 5) is 6.60. The molecule has 1 N–H and O–H groups in total. The number of nitrogens with one attached hydrogen (secondary N) is 1. The van der Waals surface area contributed by atoms with Crippen molar-refractivity contribution in [3.63, 3.8) is 0 Å². The molecule has 0 amide bonds. The lowest BCUT2D eigenvalue weighted by molar-refractivity contribution is 0.152. The first-order valence-electron chi connectivity index (χ1n) is 7.88. The van der Waals surface area contributed by atoms with Crippen molar-refractivity contribution in [1.29, 1.82) is 0 Å². The van der Waals surface area contributed by atoms with Gasteiger partial charge in [-0.3, -0.25) is 9.88 Å². The maximum absolute atomic E-state index is 5.57. The summed E-state index contributed by atoms with van der Waals surface area (Å²) < 4.78 is 11.0. The summed E-state index contributed by atoms with van der Waals surface area (Å²) in [5.41, 5.74) is 2.43. The number of hydrogen-bond acceptors (Lipinski definition) is 5. The van der Waals surface area contributed by atoms with E-state index in [2.05, 4.69) is 33.4 Å². The number of piperazine rings is 1. The average Bonchev–Trinajstić information content (AvgIpc) is 2.62. The summed E-state index contributed by atoms with van der Waals surface area (Å²) in [7, 11) is 3.37. The molecule has 23 heavy (non-hydrogen) atoms. The van der Waals surface area contributed by atoms with Crippen LogP contribution >= 0.6 is 0 Å². The van der Waals surface area contributed by atoms with Gasteiger partial charge in [0.05, 0.1) is 14.2 Å². The summed E-state index contributed by atoms with van der Waals surface area (Å²) in [6.07, 6.45) is 3.71. The lowest BCUT2D eigenvalue weighted by atomic mass is 10.0. The van der Waals surface area contributed by atoms with Crippen molar-refractivity contribution >= 4 is 0 Å². The second-order valence-electron chi connectivity index (χ2n) is 5.62. The molecule has 1 aromatic carbocycles. The van der Waals surface area contributed by atoms with Crippen molar-refractivity contribution in [3.8, 4) is 11.5 Å². The van der Waals surface area contributed by atoms with Gasteiger partial charge in [-0.25, -0.2) is 0 Å². The van der Waals surface area contributed by atoms with E-state index >= 15 is 0 Å². The number of para-hydroxylation sites is 1. The molecule has 122 valence electrons. The second kappa shape index (κ2) is 7.44. The molecule has 1 unspecified atom stereocenters. The predicted octanol–water partition coefficient (Wildman–Crippen LogP) is 2.25. The fraction of sp³-hybridized carbons (Fsp3) is 0.389. The standard InChI is InChI=1S/C18H23N3O2/c1-22-17-5-3-4-15(18(17)23-2)13-21-11-10-20-12-16(21)14-6-8-19-9-7-14/h3-9,16,20H,10-13H2,1-2H3. The molecule has 1 aliphatic rings. The number of aromatic nitrogens is 1. The molecule has 1 saturated heterocycles. The summed E-state index contributed by atoms with van der Waals surface area (Å²) in [6, 6.07) is 10.6. The number of hydrogen-bond donors (Lipinski definition) is 1. The molecule has 0 spiro atoms. The van der Waals surface area contributed by atoms with Gasteiger partial charge >= 0.3 is 0 Å². The van der Waals surface area contributed by atoms with Crippen molar-refractivity contribution in [2.45, 2.75) is 12.6 Å². The fourth-order valence-electron chi connectivity index (χ4n) is 3.15. The summed E-state index contributed by atoms with van der Waals surface area (Å²) in [5, 5.41) is 3.48. The summed E-state index contributed by atoms with van der Waals surface area (Å²) >= 11 is 0. The zero-order valence-corrected chi connectivity index (χ0v) is 13.7. The highest BCUT2D eigenvalue weighted by atomic mass is 16.5. The van der Waals surface area contributed by atoms with Gasteiger partial charge in [0.2, 0.25) is 0 Å². The van der Waals surface area contributed by atoms with E-state index in [0.29, 0.717) is 6.04 Å². The second-order valence-corrected chi connectivity index (χ2v) is 5.62. The van der Waals surface area contributed by atoms with Crippen LogP contribution in [0.1, 0.15) is 17.2 Å². The van der Waals surface area contributed by atoms with Gasteiger partial charge in [0, 0.05) is 50.2 Å². The summed E-state index contributed by atoms with van der Waals surface area (Å²) in [6.45, 7) is 3.76. The third-order valence-corrected chi connectivity index (χ3v) is 4.30.